The van der Waals surface area contributed by atoms with Gasteiger partial charge in [-0.25, -0.2) is 4.98 Å². The molecule has 2 aromatic rings. The highest BCUT2D eigenvalue weighted by Crippen LogP contribution is 2.21. The van der Waals surface area contributed by atoms with Crippen LogP contribution < -0.4 is 0 Å². The third kappa shape index (κ3) is 1.91. The summed E-state index contributed by atoms with van der Waals surface area (Å²) in [4.78, 5) is 14.3. The maximum atomic E-state index is 12.8. The molecule has 1 aromatic heterocycles. The van der Waals surface area contributed by atoms with Crippen molar-refractivity contribution in [3.63, 3.8) is 0 Å². The minimum atomic E-state index is -0.642. The molecular weight excluding hydrogens is 193 g/mol. The maximum absolute atomic E-state index is 12.8. The van der Waals surface area contributed by atoms with Crippen LogP contribution in [0.25, 0.3) is 11.1 Å². The molecule has 0 aliphatic carbocycles. The first kappa shape index (κ1) is 9.52. The van der Waals surface area contributed by atoms with E-state index in [-0.39, 0.29) is 5.69 Å². The summed E-state index contributed by atoms with van der Waals surface area (Å²) in [7, 11) is 0. The average Bonchev–Trinajstić information content (AvgIpc) is 2.30. The van der Waals surface area contributed by atoms with Gasteiger partial charge in [-0.1, -0.05) is 30.3 Å². The standard InChI is InChI=1S/C12H8FNO/c13-12-7-6-10(11(8-15)14-12)9-4-2-1-3-5-9/h1-8H. The molecule has 74 valence electrons. The van der Waals surface area contributed by atoms with Gasteiger partial charge in [0.1, 0.15) is 5.69 Å². The molecule has 0 fully saturated rings. The van der Waals surface area contributed by atoms with Crippen molar-refractivity contribution in [2.45, 2.75) is 0 Å². The van der Waals surface area contributed by atoms with Crippen LogP contribution in [0.3, 0.4) is 0 Å². The summed E-state index contributed by atoms with van der Waals surface area (Å²) >= 11 is 0. The lowest BCUT2D eigenvalue weighted by Crippen LogP contribution is -1.94. The Kier molecular flexibility index (Phi) is 2.54. The third-order valence-electron chi connectivity index (χ3n) is 2.09. The van der Waals surface area contributed by atoms with Crippen molar-refractivity contribution in [2.75, 3.05) is 0 Å². The SMILES string of the molecule is O=Cc1nc(F)ccc1-c1ccccc1. The second-order valence-electron chi connectivity index (χ2n) is 3.05. The van der Waals surface area contributed by atoms with Gasteiger partial charge in [0.15, 0.2) is 6.29 Å². The summed E-state index contributed by atoms with van der Waals surface area (Å²) in [6, 6.07) is 12.1. The van der Waals surface area contributed by atoms with E-state index in [1.165, 1.54) is 6.07 Å². The number of hydrogen-bond acceptors (Lipinski definition) is 2. The minimum Gasteiger partial charge on any atom is -0.296 e. The summed E-state index contributed by atoms with van der Waals surface area (Å²) in [6.45, 7) is 0. The van der Waals surface area contributed by atoms with Gasteiger partial charge in [-0.2, -0.15) is 4.39 Å². The van der Waals surface area contributed by atoms with E-state index < -0.39 is 5.95 Å². The first-order chi connectivity index (χ1) is 7.31. The molecule has 0 N–H and O–H groups in total. The van der Waals surface area contributed by atoms with E-state index in [1.54, 1.807) is 6.07 Å². The summed E-state index contributed by atoms with van der Waals surface area (Å²) < 4.78 is 12.8. The van der Waals surface area contributed by atoms with Crippen LogP contribution in [0.15, 0.2) is 42.5 Å². The van der Waals surface area contributed by atoms with Crippen LogP contribution >= 0.6 is 0 Å². The van der Waals surface area contributed by atoms with Gasteiger partial charge >= 0.3 is 0 Å². The Morgan fingerprint density at radius 2 is 1.80 bits per heavy atom. The molecule has 0 amide bonds. The number of aromatic nitrogens is 1. The summed E-state index contributed by atoms with van der Waals surface area (Å²) in [6.07, 6.45) is 0.561. The molecule has 15 heavy (non-hydrogen) atoms. The average molecular weight is 201 g/mol. The fourth-order valence-electron chi connectivity index (χ4n) is 1.40. The first-order valence-corrected chi connectivity index (χ1v) is 4.48. The zero-order valence-electron chi connectivity index (χ0n) is 7.85. The summed E-state index contributed by atoms with van der Waals surface area (Å²) in [5.74, 6) is -0.642. The summed E-state index contributed by atoms with van der Waals surface area (Å²) in [5, 5.41) is 0. The molecule has 0 aliphatic heterocycles. The van der Waals surface area contributed by atoms with Crippen molar-refractivity contribution in [1.82, 2.24) is 4.98 Å². The lowest BCUT2D eigenvalue weighted by atomic mass is 10.0. The Morgan fingerprint density at radius 3 is 2.47 bits per heavy atom. The fourth-order valence-corrected chi connectivity index (χ4v) is 1.40. The highest BCUT2D eigenvalue weighted by Gasteiger charge is 2.06. The highest BCUT2D eigenvalue weighted by atomic mass is 19.1. The molecule has 0 atom stereocenters. The molecule has 0 bridgehead atoms. The molecule has 0 saturated carbocycles. The van der Waals surface area contributed by atoms with E-state index in [1.807, 2.05) is 30.3 Å². The van der Waals surface area contributed by atoms with Crippen LogP contribution in [0.5, 0.6) is 0 Å². The Morgan fingerprint density at radius 1 is 1.07 bits per heavy atom. The number of hydrogen-bond donors (Lipinski definition) is 0. The van der Waals surface area contributed by atoms with Crippen molar-refractivity contribution in [3.8, 4) is 11.1 Å². The van der Waals surface area contributed by atoms with E-state index in [0.717, 1.165) is 5.56 Å². The van der Waals surface area contributed by atoms with Gasteiger partial charge < -0.3 is 0 Å². The predicted octanol–water partition coefficient (Wildman–Crippen LogP) is 2.70. The van der Waals surface area contributed by atoms with Crippen LogP contribution in [-0.4, -0.2) is 11.3 Å². The Labute approximate surface area is 86.4 Å². The lowest BCUT2D eigenvalue weighted by molar-refractivity contribution is 0.111. The van der Waals surface area contributed by atoms with Gasteiger partial charge in [0, 0.05) is 5.56 Å². The number of carbonyl (C=O) groups excluding carboxylic acids is 1. The monoisotopic (exact) mass is 201 g/mol. The molecule has 0 saturated heterocycles. The van der Waals surface area contributed by atoms with Crippen molar-refractivity contribution >= 4 is 6.29 Å². The van der Waals surface area contributed by atoms with Gasteiger partial charge in [0.25, 0.3) is 0 Å². The number of aldehydes is 1. The highest BCUT2D eigenvalue weighted by molar-refractivity contribution is 5.84. The molecular formula is C12H8FNO. The van der Waals surface area contributed by atoms with Gasteiger partial charge in [0.2, 0.25) is 5.95 Å². The van der Waals surface area contributed by atoms with Crippen molar-refractivity contribution in [3.05, 3.63) is 54.1 Å². The zero-order valence-corrected chi connectivity index (χ0v) is 7.85. The quantitative estimate of drug-likeness (QED) is 0.552. The number of benzene rings is 1. The molecule has 3 heteroatoms. The van der Waals surface area contributed by atoms with Crippen LogP contribution in [0.2, 0.25) is 0 Å². The molecule has 0 spiro atoms. The predicted molar refractivity (Wildman–Crippen MR) is 55.0 cm³/mol. The number of rotatable bonds is 2. The van der Waals surface area contributed by atoms with Gasteiger partial charge in [-0.05, 0) is 17.7 Å². The topological polar surface area (TPSA) is 30.0 Å². The molecule has 0 radical (unpaired) electrons. The molecule has 2 rings (SSSR count). The third-order valence-corrected chi connectivity index (χ3v) is 2.09. The van der Waals surface area contributed by atoms with Crippen molar-refractivity contribution in [1.29, 1.82) is 0 Å². The largest absolute Gasteiger partial charge is 0.296 e. The Bertz CT molecular complexity index is 482. The Hall–Kier alpha value is -2.03. The van der Waals surface area contributed by atoms with E-state index in [4.69, 9.17) is 0 Å². The van der Waals surface area contributed by atoms with Crippen molar-refractivity contribution < 1.29 is 9.18 Å². The van der Waals surface area contributed by atoms with Crippen LogP contribution in [0, 0.1) is 5.95 Å². The second-order valence-corrected chi connectivity index (χ2v) is 3.05. The van der Waals surface area contributed by atoms with Crippen LogP contribution in [0.4, 0.5) is 4.39 Å². The van der Waals surface area contributed by atoms with Gasteiger partial charge in [0.05, 0.1) is 0 Å². The second kappa shape index (κ2) is 4.00. The smallest absolute Gasteiger partial charge is 0.213 e. The summed E-state index contributed by atoms with van der Waals surface area (Å²) in [5.41, 5.74) is 1.63. The van der Waals surface area contributed by atoms with E-state index >= 15 is 0 Å². The fraction of sp³-hybridized carbons (Fsp3) is 0. The van der Waals surface area contributed by atoms with E-state index in [9.17, 15) is 9.18 Å². The van der Waals surface area contributed by atoms with Crippen LogP contribution in [0.1, 0.15) is 10.5 Å². The molecule has 1 heterocycles. The number of nitrogens with zero attached hydrogens (tertiary/aromatic N) is 1. The molecule has 0 aliphatic rings. The molecule has 0 unspecified atom stereocenters. The normalized spacial score (nSPS) is 9.93. The van der Waals surface area contributed by atoms with E-state index in [0.29, 0.717) is 11.8 Å². The first-order valence-electron chi connectivity index (χ1n) is 4.48. The van der Waals surface area contributed by atoms with Gasteiger partial charge in [-0.3, -0.25) is 4.79 Å². The zero-order chi connectivity index (χ0) is 10.7. The van der Waals surface area contributed by atoms with Crippen LogP contribution in [-0.2, 0) is 0 Å². The Balaban J connectivity index is 2.58. The number of halogens is 1. The number of pyridine rings is 1. The lowest BCUT2D eigenvalue weighted by Gasteiger charge is -2.03. The van der Waals surface area contributed by atoms with Crippen molar-refractivity contribution in [2.24, 2.45) is 0 Å². The molecule has 1 aromatic carbocycles. The maximum Gasteiger partial charge on any atom is 0.213 e. The van der Waals surface area contributed by atoms with E-state index in [2.05, 4.69) is 4.98 Å². The molecule has 2 nitrogen and oxygen atoms in total. The minimum absolute atomic E-state index is 0.126. The number of carbonyl (C=O) groups is 1. The van der Waals surface area contributed by atoms with Gasteiger partial charge in [-0.15, -0.1) is 0 Å².